The van der Waals surface area contributed by atoms with Gasteiger partial charge in [0.1, 0.15) is 0 Å². The molecule has 0 atom stereocenters. The van der Waals surface area contributed by atoms with Gasteiger partial charge in [-0.1, -0.05) is 19.1 Å². The first-order chi connectivity index (χ1) is 11.7. The van der Waals surface area contributed by atoms with E-state index < -0.39 is 0 Å². The summed E-state index contributed by atoms with van der Waals surface area (Å²) in [5, 5.41) is 9.43. The third-order valence-electron chi connectivity index (χ3n) is 3.33. The van der Waals surface area contributed by atoms with E-state index in [2.05, 4.69) is 20.9 Å². The SMILES string of the molecule is CCCC(=O)Nc1cccc(CNC(=NC)NCCCOCC)c1.I. The maximum Gasteiger partial charge on any atom is 0.224 e. The first kappa shape index (κ1) is 23.6. The Bertz CT molecular complexity index is 524. The third kappa shape index (κ3) is 11.0. The molecule has 0 heterocycles. The fourth-order valence-corrected chi connectivity index (χ4v) is 2.14. The van der Waals surface area contributed by atoms with Crippen molar-refractivity contribution in [2.24, 2.45) is 4.99 Å². The van der Waals surface area contributed by atoms with Crippen LogP contribution in [0.2, 0.25) is 0 Å². The smallest absolute Gasteiger partial charge is 0.224 e. The zero-order valence-corrected chi connectivity index (χ0v) is 17.8. The van der Waals surface area contributed by atoms with Crippen molar-refractivity contribution in [1.29, 1.82) is 0 Å². The first-order valence-corrected chi connectivity index (χ1v) is 8.60. The number of nitrogens with one attached hydrogen (secondary N) is 3. The van der Waals surface area contributed by atoms with E-state index in [1.165, 1.54) is 0 Å². The number of halogens is 1. The van der Waals surface area contributed by atoms with Crippen LogP contribution in [-0.4, -0.2) is 38.7 Å². The number of amides is 1. The lowest BCUT2D eigenvalue weighted by atomic mass is 10.2. The monoisotopic (exact) mass is 462 g/mol. The molecule has 1 amide bonds. The Labute approximate surface area is 168 Å². The highest BCUT2D eigenvalue weighted by Gasteiger charge is 2.02. The highest BCUT2D eigenvalue weighted by molar-refractivity contribution is 14.0. The molecule has 6 nitrogen and oxygen atoms in total. The maximum atomic E-state index is 11.7. The Morgan fingerprint density at radius 3 is 2.72 bits per heavy atom. The van der Waals surface area contributed by atoms with Gasteiger partial charge in [-0.25, -0.2) is 0 Å². The van der Waals surface area contributed by atoms with Crippen LogP contribution >= 0.6 is 24.0 Å². The molecule has 0 radical (unpaired) electrons. The summed E-state index contributed by atoms with van der Waals surface area (Å²) in [6.07, 6.45) is 2.33. The molecule has 0 aromatic heterocycles. The van der Waals surface area contributed by atoms with Crippen LogP contribution in [-0.2, 0) is 16.1 Å². The van der Waals surface area contributed by atoms with Crippen molar-refractivity contribution in [2.75, 3.05) is 32.1 Å². The van der Waals surface area contributed by atoms with Gasteiger partial charge in [0, 0.05) is 45.5 Å². The summed E-state index contributed by atoms with van der Waals surface area (Å²) >= 11 is 0. The Kier molecular flexibility index (Phi) is 14.1. The Hall–Kier alpha value is -1.35. The molecular formula is C18H31IN4O2. The van der Waals surface area contributed by atoms with Gasteiger partial charge in [-0.15, -0.1) is 24.0 Å². The number of aliphatic imine (C=N–C) groups is 1. The quantitative estimate of drug-likeness (QED) is 0.216. The Balaban J connectivity index is 0.00000576. The van der Waals surface area contributed by atoms with Gasteiger partial charge in [0.2, 0.25) is 5.91 Å². The Morgan fingerprint density at radius 2 is 2.04 bits per heavy atom. The number of hydrogen-bond acceptors (Lipinski definition) is 3. The molecule has 142 valence electrons. The standard InChI is InChI=1S/C18H30N4O2.HI/c1-4-8-17(23)22-16-10-6-9-15(13-16)14-21-18(19-3)20-11-7-12-24-5-2;/h6,9-10,13H,4-5,7-8,11-12,14H2,1-3H3,(H,22,23)(H2,19,20,21);1H. The van der Waals surface area contributed by atoms with Crippen molar-refractivity contribution in [3.05, 3.63) is 29.8 Å². The lowest BCUT2D eigenvalue weighted by molar-refractivity contribution is -0.116. The summed E-state index contributed by atoms with van der Waals surface area (Å²) in [6.45, 7) is 6.94. The number of carbonyl (C=O) groups is 1. The van der Waals surface area contributed by atoms with E-state index in [-0.39, 0.29) is 29.9 Å². The molecule has 7 heteroatoms. The lowest BCUT2D eigenvalue weighted by Crippen LogP contribution is -2.37. The minimum Gasteiger partial charge on any atom is -0.382 e. The largest absolute Gasteiger partial charge is 0.382 e. The predicted molar refractivity (Wildman–Crippen MR) is 115 cm³/mol. The molecule has 1 rings (SSSR count). The summed E-state index contributed by atoms with van der Waals surface area (Å²) in [5.41, 5.74) is 1.91. The summed E-state index contributed by atoms with van der Waals surface area (Å²) in [4.78, 5) is 15.9. The summed E-state index contributed by atoms with van der Waals surface area (Å²) in [6, 6.07) is 7.84. The van der Waals surface area contributed by atoms with Gasteiger partial charge in [-0.05, 0) is 37.5 Å². The number of benzene rings is 1. The third-order valence-corrected chi connectivity index (χ3v) is 3.33. The average molecular weight is 462 g/mol. The number of ether oxygens (including phenoxy) is 1. The average Bonchev–Trinajstić information content (AvgIpc) is 2.58. The van der Waals surface area contributed by atoms with Crippen LogP contribution in [0.1, 0.15) is 38.7 Å². The second-order valence-corrected chi connectivity index (χ2v) is 5.40. The molecule has 0 unspecified atom stereocenters. The molecule has 0 saturated carbocycles. The molecule has 25 heavy (non-hydrogen) atoms. The van der Waals surface area contributed by atoms with Crippen molar-refractivity contribution >= 4 is 41.5 Å². The molecule has 0 fully saturated rings. The number of anilines is 1. The molecule has 0 aliphatic carbocycles. The van der Waals surface area contributed by atoms with Crippen molar-refractivity contribution in [1.82, 2.24) is 10.6 Å². The van der Waals surface area contributed by atoms with E-state index in [9.17, 15) is 4.79 Å². The van der Waals surface area contributed by atoms with E-state index in [0.717, 1.165) is 49.8 Å². The van der Waals surface area contributed by atoms with Crippen LogP contribution in [0, 0.1) is 0 Å². The highest BCUT2D eigenvalue weighted by Crippen LogP contribution is 2.11. The second kappa shape index (κ2) is 14.9. The molecule has 0 aliphatic heterocycles. The van der Waals surface area contributed by atoms with Gasteiger partial charge >= 0.3 is 0 Å². The van der Waals surface area contributed by atoms with Crippen LogP contribution < -0.4 is 16.0 Å². The molecule has 0 saturated heterocycles. The van der Waals surface area contributed by atoms with E-state index in [1.54, 1.807) is 7.05 Å². The number of nitrogens with zero attached hydrogens (tertiary/aromatic N) is 1. The van der Waals surface area contributed by atoms with E-state index >= 15 is 0 Å². The fraction of sp³-hybridized carbons (Fsp3) is 0.556. The Morgan fingerprint density at radius 1 is 1.24 bits per heavy atom. The molecule has 0 spiro atoms. The van der Waals surface area contributed by atoms with Crippen LogP contribution in [0.3, 0.4) is 0 Å². The zero-order chi connectivity index (χ0) is 17.6. The molecule has 0 aliphatic rings. The van der Waals surface area contributed by atoms with Gasteiger partial charge in [0.15, 0.2) is 5.96 Å². The molecule has 1 aromatic rings. The van der Waals surface area contributed by atoms with Crippen molar-refractivity contribution in [3.8, 4) is 0 Å². The van der Waals surface area contributed by atoms with Gasteiger partial charge in [0.05, 0.1) is 0 Å². The molecule has 3 N–H and O–H groups in total. The summed E-state index contributed by atoms with van der Waals surface area (Å²) in [7, 11) is 1.75. The molecular weight excluding hydrogens is 431 g/mol. The normalized spacial score (nSPS) is 10.8. The highest BCUT2D eigenvalue weighted by atomic mass is 127. The first-order valence-electron chi connectivity index (χ1n) is 8.60. The van der Waals surface area contributed by atoms with Crippen LogP contribution in [0.15, 0.2) is 29.3 Å². The van der Waals surface area contributed by atoms with Crippen LogP contribution in [0.4, 0.5) is 5.69 Å². The zero-order valence-electron chi connectivity index (χ0n) is 15.4. The van der Waals surface area contributed by atoms with Gasteiger partial charge in [0.25, 0.3) is 0 Å². The van der Waals surface area contributed by atoms with Crippen molar-refractivity contribution in [3.63, 3.8) is 0 Å². The minimum atomic E-state index is 0. The van der Waals surface area contributed by atoms with E-state index in [4.69, 9.17) is 4.74 Å². The number of guanidine groups is 1. The fourth-order valence-electron chi connectivity index (χ4n) is 2.14. The molecule has 0 bridgehead atoms. The van der Waals surface area contributed by atoms with E-state index in [0.29, 0.717) is 13.0 Å². The second-order valence-electron chi connectivity index (χ2n) is 5.40. The van der Waals surface area contributed by atoms with Gasteiger partial charge in [-0.3, -0.25) is 9.79 Å². The van der Waals surface area contributed by atoms with Crippen molar-refractivity contribution < 1.29 is 9.53 Å². The minimum absolute atomic E-state index is 0. The summed E-state index contributed by atoms with van der Waals surface area (Å²) < 4.78 is 5.31. The van der Waals surface area contributed by atoms with Gasteiger partial charge < -0.3 is 20.7 Å². The van der Waals surface area contributed by atoms with E-state index in [1.807, 2.05) is 38.1 Å². The van der Waals surface area contributed by atoms with Gasteiger partial charge in [-0.2, -0.15) is 0 Å². The maximum absolute atomic E-state index is 11.7. The number of rotatable bonds is 10. The topological polar surface area (TPSA) is 74.8 Å². The number of hydrogen-bond donors (Lipinski definition) is 3. The van der Waals surface area contributed by atoms with Crippen molar-refractivity contribution in [2.45, 2.75) is 39.7 Å². The molecule has 1 aromatic carbocycles. The lowest BCUT2D eigenvalue weighted by Gasteiger charge is -2.13. The summed E-state index contributed by atoms with van der Waals surface area (Å²) in [5.74, 6) is 0.807. The van der Waals surface area contributed by atoms with Crippen LogP contribution in [0.25, 0.3) is 0 Å². The predicted octanol–water partition coefficient (Wildman–Crippen LogP) is 3.13. The van der Waals surface area contributed by atoms with Crippen LogP contribution in [0.5, 0.6) is 0 Å². The number of carbonyl (C=O) groups excluding carboxylic acids is 1.